The topological polar surface area (TPSA) is 74.3 Å². The van der Waals surface area contributed by atoms with Crippen LogP contribution in [0.25, 0.3) is 0 Å². The van der Waals surface area contributed by atoms with Gasteiger partial charge in [-0.25, -0.2) is 4.98 Å². The number of carbonyl (C=O) groups excluding carboxylic acids is 2. The molecule has 2 aromatic carbocycles. The summed E-state index contributed by atoms with van der Waals surface area (Å²) in [6, 6.07) is 17.4. The van der Waals surface area contributed by atoms with Crippen molar-refractivity contribution in [2.24, 2.45) is 0 Å². The Balaban J connectivity index is 1.43. The van der Waals surface area contributed by atoms with Crippen LogP contribution < -0.4 is 10.6 Å². The monoisotopic (exact) mass is 448 g/mol. The van der Waals surface area contributed by atoms with Crippen molar-refractivity contribution in [3.8, 4) is 0 Å². The highest BCUT2D eigenvalue weighted by Crippen LogP contribution is 2.27. The second-order valence-corrected chi connectivity index (χ2v) is 9.07. The Kier molecular flexibility index (Phi) is 6.97. The molecule has 2 heterocycles. The summed E-state index contributed by atoms with van der Waals surface area (Å²) in [4.78, 5) is 32.9. The predicted molar refractivity (Wildman–Crippen MR) is 128 cm³/mol. The van der Waals surface area contributed by atoms with Gasteiger partial charge in [0.15, 0.2) is 0 Å². The fourth-order valence-electron chi connectivity index (χ4n) is 4.08. The number of nitrogens with zero attached hydrogens (tertiary/aromatic N) is 2. The molecule has 2 N–H and O–H groups in total. The van der Waals surface area contributed by atoms with Crippen molar-refractivity contribution >= 4 is 28.8 Å². The van der Waals surface area contributed by atoms with Crippen LogP contribution in [0.1, 0.15) is 45.4 Å². The van der Waals surface area contributed by atoms with E-state index in [-0.39, 0.29) is 23.9 Å². The van der Waals surface area contributed by atoms with Crippen LogP contribution in [0.5, 0.6) is 0 Å². The number of hydrogen-bond acceptors (Lipinski definition) is 5. The molecule has 166 valence electrons. The molecule has 0 aliphatic carbocycles. The minimum Gasteiger partial charge on any atom is -0.348 e. The number of anilines is 1. The molecule has 1 fully saturated rings. The Bertz CT molecular complexity index is 1060. The lowest BCUT2D eigenvalue weighted by Crippen LogP contribution is -2.48. The van der Waals surface area contributed by atoms with Crippen molar-refractivity contribution in [3.63, 3.8) is 0 Å². The lowest BCUT2D eigenvalue weighted by molar-refractivity contribution is -0.122. The van der Waals surface area contributed by atoms with E-state index in [9.17, 15) is 9.59 Å². The van der Waals surface area contributed by atoms with Crippen LogP contribution in [0.4, 0.5) is 5.69 Å². The van der Waals surface area contributed by atoms with Crippen LogP contribution in [0.15, 0.2) is 60.1 Å². The molecule has 1 aromatic heterocycles. The van der Waals surface area contributed by atoms with Gasteiger partial charge in [-0.1, -0.05) is 48.0 Å². The number of aromatic nitrogens is 1. The summed E-state index contributed by atoms with van der Waals surface area (Å²) >= 11 is 1.37. The summed E-state index contributed by atoms with van der Waals surface area (Å²) in [5, 5.41) is 6.22. The molecule has 0 spiro atoms. The molecule has 0 radical (unpaired) electrons. The lowest BCUT2D eigenvalue weighted by atomic mass is 9.98. The average Bonchev–Trinajstić information content (AvgIpc) is 3.23. The number of rotatable bonds is 6. The molecule has 1 atom stereocenters. The number of hydrogen-bond donors (Lipinski definition) is 2. The standard InChI is InChI=1S/C25H28N4O2S/c1-17-8-10-20(11-9-17)27-24(30)22(19-6-4-3-5-7-19)29-14-12-21(13-15-29)28-25(31)23-18(2)26-16-32-23/h3-11,16,21-22H,12-15H2,1-2H3,(H,27,30)(H,28,31). The van der Waals surface area contributed by atoms with Gasteiger partial charge in [-0.15, -0.1) is 11.3 Å². The van der Waals surface area contributed by atoms with E-state index in [1.807, 2.05) is 68.4 Å². The summed E-state index contributed by atoms with van der Waals surface area (Å²) < 4.78 is 0. The van der Waals surface area contributed by atoms with Gasteiger partial charge in [0.05, 0.1) is 11.2 Å². The van der Waals surface area contributed by atoms with Gasteiger partial charge in [0, 0.05) is 24.8 Å². The van der Waals surface area contributed by atoms with Crippen molar-refractivity contribution < 1.29 is 9.59 Å². The Morgan fingerprint density at radius 3 is 2.34 bits per heavy atom. The van der Waals surface area contributed by atoms with Crippen molar-refractivity contribution in [1.29, 1.82) is 0 Å². The largest absolute Gasteiger partial charge is 0.348 e. The highest BCUT2D eigenvalue weighted by atomic mass is 32.1. The maximum Gasteiger partial charge on any atom is 0.263 e. The molecule has 0 saturated carbocycles. The minimum absolute atomic E-state index is 0.0391. The van der Waals surface area contributed by atoms with Gasteiger partial charge >= 0.3 is 0 Å². The maximum atomic E-state index is 13.3. The van der Waals surface area contributed by atoms with E-state index in [0.717, 1.165) is 48.4 Å². The SMILES string of the molecule is Cc1ccc(NC(=O)C(c2ccccc2)N2CCC(NC(=O)c3scnc3C)CC2)cc1. The van der Waals surface area contributed by atoms with Crippen LogP contribution in [0.3, 0.4) is 0 Å². The van der Waals surface area contributed by atoms with Crippen LogP contribution in [0, 0.1) is 13.8 Å². The Hall–Kier alpha value is -3.03. The molecular formula is C25H28N4O2S. The summed E-state index contributed by atoms with van der Waals surface area (Å²) in [5.74, 6) is -0.0944. The summed E-state index contributed by atoms with van der Waals surface area (Å²) in [7, 11) is 0. The van der Waals surface area contributed by atoms with Crippen molar-refractivity contribution in [1.82, 2.24) is 15.2 Å². The zero-order chi connectivity index (χ0) is 22.5. The number of nitrogens with one attached hydrogen (secondary N) is 2. The number of benzene rings is 2. The molecule has 1 aliphatic heterocycles. The van der Waals surface area contributed by atoms with E-state index in [2.05, 4.69) is 20.5 Å². The van der Waals surface area contributed by atoms with Crippen molar-refractivity contribution in [3.05, 3.63) is 81.8 Å². The number of likely N-dealkylation sites (tertiary alicyclic amines) is 1. The molecule has 32 heavy (non-hydrogen) atoms. The number of thiazole rings is 1. The van der Waals surface area contributed by atoms with Gasteiger partial charge in [-0.3, -0.25) is 14.5 Å². The van der Waals surface area contributed by atoms with Crippen molar-refractivity contribution in [2.45, 2.75) is 38.8 Å². The molecule has 3 aromatic rings. The number of piperidine rings is 1. The van der Waals surface area contributed by atoms with Gasteiger partial charge in [0.1, 0.15) is 10.9 Å². The normalized spacial score (nSPS) is 15.8. The molecule has 1 saturated heterocycles. The fraction of sp³-hybridized carbons (Fsp3) is 0.320. The van der Waals surface area contributed by atoms with Gasteiger partial charge in [0.2, 0.25) is 5.91 Å². The summed E-state index contributed by atoms with van der Waals surface area (Å²) in [6.45, 7) is 5.34. The van der Waals surface area contributed by atoms with E-state index < -0.39 is 0 Å². The number of aryl methyl sites for hydroxylation is 2. The third-order valence-electron chi connectivity index (χ3n) is 5.86. The lowest BCUT2D eigenvalue weighted by Gasteiger charge is -2.37. The maximum absolute atomic E-state index is 13.3. The minimum atomic E-state index is -0.377. The van der Waals surface area contributed by atoms with E-state index in [1.54, 1.807) is 5.51 Å². The first-order chi connectivity index (χ1) is 15.5. The zero-order valence-corrected chi connectivity index (χ0v) is 19.2. The Morgan fingerprint density at radius 2 is 1.72 bits per heavy atom. The Morgan fingerprint density at radius 1 is 1.03 bits per heavy atom. The summed E-state index contributed by atoms with van der Waals surface area (Å²) in [5.41, 5.74) is 5.38. The van der Waals surface area contributed by atoms with Crippen LogP contribution in [0.2, 0.25) is 0 Å². The highest BCUT2D eigenvalue weighted by molar-refractivity contribution is 7.11. The predicted octanol–water partition coefficient (Wildman–Crippen LogP) is 4.33. The van der Waals surface area contributed by atoms with E-state index in [0.29, 0.717) is 4.88 Å². The Labute approximate surface area is 192 Å². The molecular weight excluding hydrogens is 420 g/mol. The van der Waals surface area contributed by atoms with Crippen LogP contribution in [-0.2, 0) is 4.79 Å². The number of carbonyl (C=O) groups is 2. The summed E-state index contributed by atoms with van der Waals surface area (Å²) in [6.07, 6.45) is 1.59. The first-order valence-corrected chi connectivity index (χ1v) is 11.8. The van der Waals surface area contributed by atoms with Gasteiger partial charge in [-0.2, -0.15) is 0 Å². The molecule has 7 heteroatoms. The van der Waals surface area contributed by atoms with Crippen LogP contribution >= 0.6 is 11.3 Å². The number of amides is 2. The second kappa shape index (κ2) is 10.1. The van der Waals surface area contributed by atoms with Gasteiger partial charge in [-0.05, 0) is 44.4 Å². The third-order valence-corrected chi connectivity index (χ3v) is 6.79. The van der Waals surface area contributed by atoms with E-state index >= 15 is 0 Å². The fourth-order valence-corrected chi connectivity index (χ4v) is 4.79. The highest BCUT2D eigenvalue weighted by Gasteiger charge is 2.32. The molecule has 2 amide bonds. The molecule has 4 rings (SSSR count). The quantitative estimate of drug-likeness (QED) is 0.589. The van der Waals surface area contributed by atoms with Crippen LogP contribution in [-0.4, -0.2) is 40.8 Å². The average molecular weight is 449 g/mol. The van der Waals surface area contributed by atoms with Crippen molar-refractivity contribution in [2.75, 3.05) is 18.4 Å². The van der Waals surface area contributed by atoms with E-state index in [4.69, 9.17) is 0 Å². The third kappa shape index (κ3) is 5.23. The van der Waals surface area contributed by atoms with E-state index in [1.165, 1.54) is 11.3 Å². The first kappa shape index (κ1) is 22.2. The second-order valence-electron chi connectivity index (χ2n) is 8.22. The first-order valence-electron chi connectivity index (χ1n) is 10.9. The van der Waals surface area contributed by atoms with Gasteiger partial charge in [0.25, 0.3) is 5.91 Å². The van der Waals surface area contributed by atoms with Gasteiger partial charge < -0.3 is 10.6 Å². The zero-order valence-electron chi connectivity index (χ0n) is 18.4. The molecule has 1 unspecified atom stereocenters. The molecule has 0 bridgehead atoms. The molecule has 1 aliphatic rings. The smallest absolute Gasteiger partial charge is 0.263 e. The molecule has 6 nitrogen and oxygen atoms in total.